The van der Waals surface area contributed by atoms with Crippen molar-refractivity contribution in [2.24, 2.45) is 0 Å². The Morgan fingerprint density at radius 2 is 1.88 bits per heavy atom. The summed E-state index contributed by atoms with van der Waals surface area (Å²) < 4.78 is 52.1. The zero-order chi connectivity index (χ0) is 18.0. The molecule has 3 nitrogen and oxygen atoms in total. The van der Waals surface area contributed by atoms with Crippen molar-refractivity contribution >= 4 is 44.4 Å². The second-order valence-corrected chi connectivity index (χ2v) is 7.04. The third-order valence-corrected chi connectivity index (χ3v) is 5.10. The minimum Gasteiger partial charge on any atom is -0.301 e. The molecular weight excluding hydrogens is 376 g/mol. The number of alkyl halides is 3. The van der Waals surface area contributed by atoms with Gasteiger partial charge in [0.05, 0.1) is 21.5 Å². The molecule has 0 atom stereocenters. The van der Waals surface area contributed by atoms with Crippen LogP contribution in [-0.2, 0) is 11.0 Å². The topological polar surface area (TPSA) is 42.0 Å². The summed E-state index contributed by atoms with van der Waals surface area (Å²) in [6.45, 7) is 0. The highest BCUT2D eigenvalue weighted by molar-refractivity contribution is 8.00. The van der Waals surface area contributed by atoms with Gasteiger partial charge in [0.1, 0.15) is 5.82 Å². The number of thiazole rings is 1. The lowest BCUT2D eigenvalue weighted by atomic mass is 10.2. The number of nitrogens with one attached hydrogen (secondary N) is 1. The summed E-state index contributed by atoms with van der Waals surface area (Å²) in [4.78, 5) is 16.6. The van der Waals surface area contributed by atoms with E-state index in [4.69, 9.17) is 0 Å². The van der Waals surface area contributed by atoms with Crippen LogP contribution >= 0.6 is 23.1 Å². The van der Waals surface area contributed by atoms with Crippen LogP contribution in [0.15, 0.2) is 47.4 Å². The lowest BCUT2D eigenvalue weighted by Gasteiger charge is -2.06. The lowest BCUT2D eigenvalue weighted by Crippen LogP contribution is -2.13. The molecule has 0 unspecified atom stereocenters. The van der Waals surface area contributed by atoms with Crippen LogP contribution in [0, 0.1) is 5.82 Å². The summed E-state index contributed by atoms with van der Waals surface area (Å²) in [6, 6.07) is 9.43. The van der Waals surface area contributed by atoms with E-state index in [0.29, 0.717) is 9.60 Å². The fraction of sp³-hybridized carbons (Fsp3) is 0.125. The normalized spacial score (nSPS) is 11.7. The van der Waals surface area contributed by atoms with Gasteiger partial charge in [0, 0.05) is 4.90 Å². The number of anilines is 1. The summed E-state index contributed by atoms with van der Waals surface area (Å²) >= 11 is 2.17. The van der Waals surface area contributed by atoms with Gasteiger partial charge in [-0.15, -0.1) is 11.8 Å². The first kappa shape index (κ1) is 17.7. The summed E-state index contributed by atoms with van der Waals surface area (Å²) in [7, 11) is 0. The molecule has 25 heavy (non-hydrogen) atoms. The number of halogens is 4. The molecule has 0 aliphatic heterocycles. The van der Waals surface area contributed by atoms with Crippen molar-refractivity contribution in [3.05, 3.63) is 53.8 Å². The summed E-state index contributed by atoms with van der Waals surface area (Å²) in [5.41, 5.74) is -1.01. The number of rotatable bonds is 4. The van der Waals surface area contributed by atoms with Crippen molar-refractivity contribution in [1.29, 1.82) is 0 Å². The molecule has 9 heteroatoms. The lowest BCUT2D eigenvalue weighted by molar-refractivity contribution is -0.136. The van der Waals surface area contributed by atoms with Crippen LogP contribution < -0.4 is 5.32 Å². The van der Waals surface area contributed by atoms with Crippen LogP contribution in [0.5, 0.6) is 0 Å². The molecule has 0 spiro atoms. The maximum Gasteiger partial charge on any atom is 0.418 e. The number of amides is 1. The molecule has 0 saturated carbocycles. The number of carbonyl (C=O) groups is 1. The van der Waals surface area contributed by atoms with E-state index >= 15 is 0 Å². The molecule has 2 aromatic carbocycles. The molecule has 3 aromatic rings. The molecule has 130 valence electrons. The Balaban J connectivity index is 1.70. The van der Waals surface area contributed by atoms with Crippen LogP contribution in [0.3, 0.4) is 0 Å². The number of benzene rings is 2. The van der Waals surface area contributed by atoms with Crippen molar-refractivity contribution in [2.45, 2.75) is 11.1 Å². The summed E-state index contributed by atoms with van der Waals surface area (Å²) in [5, 5.41) is 2.61. The van der Waals surface area contributed by atoms with E-state index in [9.17, 15) is 22.4 Å². The molecule has 1 N–H and O–H groups in total. The third-order valence-electron chi connectivity index (χ3n) is 3.15. The molecule has 1 heterocycles. The number of hydrogen-bond donors (Lipinski definition) is 1. The Morgan fingerprint density at radius 1 is 1.16 bits per heavy atom. The first-order valence-corrected chi connectivity index (χ1v) is 8.78. The first-order chi connectivity index (χ1) is 11.8. The summed E-state index contributed by atoms with van der Waals surface area (Å²) in [5.74, 6) is -0.737. The molecule has 0 fully saturated rings. The molecule has 3 rings (SSSR count). The predicted molar refractivity (Wildman–Crippen MR) is 90.4 cm³/mol. The Morgan fingerprint density at radius 3 is 2.56 bits per heavy atom. The molecule has 1 amide bonds. The van der Waals surface area contributed by atoms with E-state index in [1.54, 1.807) is 12.1 Å². The van der Waals surface area contributed by atoms with Gasteiger partial charge >= 0.3 is 6.18 Å². The Labute approximate surface area is 148 Å². The average molecular weight is 386 g/mol. The number of carbonyl (C=O) groups excluding carboxylic acids is 1. The van der Waals surface area contributed by atoms with E-state index in [-0.39, 0.29) is 22.2 Å². The van der Waals surface area contributed by atoms with Crippen molar-refractivity contribution < 1.29 is 22.4 Å². The molecule has 0 aliphatic rings. The summed E-state index contributed by atoms with van der Waals surface area (Å²) in [6.07, 6.45) is -4.51. The predicted octanol–water partition coefficient (Wildman–Crippen LogP) is 5.19. The van der Waals surface area contributed by atoms with Crippen molar-refractivity contribution in [2.75, 3.05) is 11.1 Å². The SMILES string of the molecule is O=C(CSc1ccc(F)cc1)Nc1nc2c(C(F)(F)F)cccc2s1. The maximum absolute atomic E-state index is 13.0. The van der Waals surface area contributed by atoms with Crippen LogP contribution in [-0.4, -0.2) is 16.6 Å². The standard InChI is InChI=1S/C16H10F4N2OS2/c17-9-4-6-10(7-5-9)24-8-13(23)21-15-22-14-11(16(18,19)20)2-1-3-12(14)25-15/h1-7H,8H2,(H,21,22,23). The van der Waals surface area contributed by atoms with Gasteiger partial charge in [-0.3, -0.25) is 4.79 Å². The molecule has 0 saturated heterocycles. The molecular formula is C16H10F4N2OS2. The van der Waals surface area contributed by atoms with E-state index in [1.165, 1.54) is 36.0 Å². The Bertz CT molecular complexity index is 907. The van der Waals surface area contributed by atoms with Crippen molar-refractivity contribution in [3.8, 4) is 0 Å². The van der Waals surface area contributed by atoms with Gasteiger partial charge in [0.25, 0.3) is 0 Å². The number of nitrogens with zero attached hydrogens (tertiary/aromatic N) is 1. The van der Waals surface area contributed by atoms with Crippen LogP contribution in [0.2, 0.25) is 0 Å². The molecule has 0 aliphatic carbocycles. The van der Waals surface area contributed by atoms with Crippen LogP contribution in [0.25, 0.3) is 10.2 Å². The van der Waals surface area contributed by atoms with Crippen molar-refractivity contribution in [3.63, 3.8) is 0 Å². The molecule has 0 bridgehead atoms. The third kappa shape index (κ3) is 4.29. The zero-order valence-electron chi connectivity index (χ0n) is 12.4. The Kier molecular flexibility index (Phi) is 4.96. The first-order valence-electron chi connectivity index (χ1n) is 6.98. The number of para-hydroxylation sites is 1. The van der Waals surface area contributed by atoms with Crippen LogP contribution in [0.1, 0.15) is 5.56 Å². The zero-order valence-corrected chi connectivity index (χ0v) is 14.1. The highest BCUT2D eigenvalue weighted by Crippen LogP contribution is 2.37. The molecule has 1 aromatic heterocycles. The second-order valence-electron chi connectivity index (χ2n) is 4.96. The van der Waals surface area contributed by atoms with Gasteiger partial charge in [-0.1, -0.05) is 17.4 Å². The fourth-order valence-electron chi connectivity index (χ4n) is 2.07. The van der Waals surface area contributed by atoms with Gasteiger partial charge in [-0.25, -0.2) is 9.37 Å². The van der Waals surface area contributed by atoms with Crippen molar-refractivity contribution in [1.82, 2.24) is 4.98 Å². The second kappa shape index (κ2) is 7.01. The van der Waals surface area contributed by atoms with E-state index in [2.05, 4.69) is 10.3 Å². The maximum atomic E-state index is 13.0. The van der Waals surface area contributed by atoms with Gasteiger partial charge in [0.2, 0.25) is 5.91 Å². The minimum absolute atomic E-state index is 0.0354. The minimum atomic E-state index is -4.51. The highest BCUT2D eigenvalue weighted by atomic mass is 32.2. The monoisotopic (exact) mass is 386 g/mol. The Hall–Kier alpha value is -2.13. The van der Waals surface area contributed by atoms with Gasteiger partial charge in [0.15, 0.2) is 5.13 Å². The number of thioether (sulfide) groups is 1. The van der Waals surface area contributed by atoms with E-state index in [0.717, 1.165) is 17.4 Å². The number of hydrogen-bond acceptors (Lipinski definition) is 4. The number of aromatic nitrogens is 1. The average Bonchev–Trinajstić information content (AvgIpc) is 2.95. The van der Waals surface area contributed by atoms with Gasteiger partial charge in [-0.05, 0) is 36.4 Å². The van der Waals surface area contributed by atoms with Gasteiger partial charge < -0.3 is 5.32 Å². The molecule has 0 radical (unpaired) electrons. The van der Waals surface area contributed by atoms with E-state index < -0.39 is 17.6 Å². The fourth-order valence-corrected chi connectivity index (χ4v) is 3.67. The van der Waals surface area contributed by atoms with Crippen LogP contribution in [0.4, 0.5) is 22.7 Å². The quantitative estimate of drug-likeness (QED) is 0.496. The highest BCUT2D eigenvalue weighted by Gasteiger charge is 2.33. The largest absolute Gasteiger partial charge is 0.418 e. The smallest absolute Gasteiger partial charge is 0.301 e. The number of fused-ring (bicyclic) bond motifs is 1. The van der Waals surface area contributed by atoms with E-state index in [1.807, 2.05) is 0 Å². The van der Waals surface area contributed by atoms with Gasteiger partial charge in [-0.2, -0.15) is 13.2 Å².